The van der Waals surface area contributed by atoms with Crippen LogP contribution in [0.15, 0.2) is 11.4 Å². The van der Waals surface area contributed by atoms with Crippen LogP contribution in [-0.2, 0) is 4.74 Å². The number of thiophene rings is 1. The van der Waals surface area contributed by atoms with Gasteiger partial charge in [-0.05, 0) is 37.3 Å². The summed E-state index contributed by atoms with van der Waals surface area (Å²) in [5.41, 5.74) is 3.79. The molecule has 1 aromatic heterocycles. The van der Waals surface area contributed by atoms with Crippen molar-refractivity contribution in [2.45, 2.75) is 38.8 Å². The molecule has 0 spiro atoms. The molecule has 2 unspecified atom stereocenters. The molecule has 0 aliphatic carbocycles. The molecular weight excluding hydrogens is 208 g/mol. The van der Waals surface area contributed by atoms with Crippen molar-refractivity contribution >= 4 is 11.3 Å². The number of hydrogen-bond acceptors (Lipinski definition) is 4. The first-order valence-corrected chi connectivity index (χ1v) is 6.01. The third-order valence-electron chi connectivity index (χ3n) is 3.03. The van der Waals surface area contributed by atoms with Crippen LogP contribution in [0.25, 0.3) is 0 Å². The van der Waals surface area contributed by atoms with E-state index >= 15 is 0 Å². The fourth-order valence-electron chi connectivity index (χ4n) is 1.71. The van der Waals surface area contributed by atoms with Gasteiger partial charge in [-0.15, -0.1) is 11.3 Å². The third kappa shape index (κ3) is 2.58. The van der Waals surface area contributed by atoms with Crippen molar-refractivity contribution in [3.63, 3.8) is 0 Å². The maximum absolute atomic E-state index is 5.63. The molecule has 0 aliphatic heterocycles. The fraction of sp³-hybridized carbons (Fsp3) is 0.636. The van der Waals surface area contributed by atoms with Gasteiger partial charge in [-0.1, -0.05) is 6.92 Å². The summed E-state index contributed by atoms with van der Waals surface area (Å²) in [6, 6.07) is 2.19. The molecular formula is C11H20N2OS. The molecule has 0 saturated carbocycles. The van der Waals surface area contributed by atoms with Crippen LogP contribution in [-0.4, -0.2) is 12.7 Å². The number of nitrogens with one attached hydrogen (secondary N) is 1. The highest BCUT2D eigenvalue weighted by Gasteiger charge is 2.33. The average Bonchev–Trinajstić information content (AvgIpc) is 2.65. The molecule has 3 nitrogen and oxygen atoms in total. The first-order chi connectivity index (χ1) is 7.07. The maximum Gasteiger partial charge on any atom is 0.0855 e. The molecule has 2 atom stereocenters. The van der Waals surface area contributed by atoms with E-state index in [9.17, 15) is 0 Å². The number of methoxy groups -OCH3 is 1. The number of aryl methyl sites for hydroxylation is 1. The van der Waals surface area contributed by atoms with Crippen molar-refractivity contribution in [2.75, 3.05) is 7.11 Å². The summed E-state index contributed by atoms with van der Waals surface area (Å²) in [5, 5.41) is 2.13. The molecule has 1 heterocycles. The summed E-state index contributed by atoms with van der Waals surface area (Å²) in [7, 11) is 1.73. The van der Waals surface area contributed by atoms with Crippen molar-refractivity contribution < 1.29 is 4.74 Å². The average molecular weight is 228 g/mol. The Kier molecular flexibility index (Phi) is 4.28. The van der Waals surface area contributed by atoms with E-state index in [2.05, 4.69) is 37.6 Å². The molecule has 0 aromatic carbocycles. The molecule has 0 amide bonds. The molecule has 1 rings (SSSR count). The van der Waals surface area contributed by atoms with Crippen LogP contribution in [0, 0.1) is 6.92 Å². The van der Waals surface area contributed by atoms with Crippen LogP contribution in [0.1, 0.15) is 36.8 Å². The maximum atomic E-state index is 5.63. The predicted molar refractivity (Wildman–Crippen MR) is 64.8 cm³/mol. The van der Waals surface area contributed by atoms with E-state index in [4.69, 9.17) is 10.6 Å². The number of hydrazine groups is 1. The topological polar surface area (TPSA) is 47.3 Å². The van der Waals surface area contributed by atoms with E-state index in [0.717, 1.165) is 6.42 Å². The minimum atomic E-state index is -0.262. The second kappa shape index (κ2) is 5.07. The lowest BCUT2D eigenvalue weighted by atomic mass is 9.89. The van der Waals surface area contributed by atoms with Crippen LogP contribution in [0.3, 0.4) is 0 Å². The van der Waals surface area contributed by atoms with Gasteiger partial charge in [0.2, 0.25) is 0 Å². The number of ether oxygens (including phenoxy) is 1. The SMILES string of the molecule is CCC(C)(OC)C(NN)c1csc(C)c1. The Morgan fingerprint density at radius 3 is 2.67 bits per heavy atom. The zero-order valence-electron chi connectivity index (χ0n) is 9.83. The van der Waals surface area contributed by atoms with E-state index < -0.39 is 0 Å². The summed E-state index contributed by atoms with van der Waals surface area (Å²) >= 11 is 1.73. The van der Waals surface area contributed by atoms with E-state index in [1.807, 2.05) is 0 Å². The number of rotatable bonds is 5. The highest BCUT2D eigenvalue weighted by molar-refractivity contribution is 7.10. The second-order valence-electron chi connectivity index (χ2n) is 3.96. The normalized spacial score (nSPS) is 17.4. The molecule has 15 heavy (non-hydrogen) atoms. The van der Waals surface area contributed by atoms with Gasteiger partial charge in [0.25, 0.3) is 0 Å². The highest BCUT2D eigenvalue weighted by Crippen LogP contribution is 2.33. The standard InChI is InChI=1S/C11H20N2OS/c1-5-11(3,14-4)10(13-12)9-6-8(2)15-7-9/h6-7,10,13H,5,12H2,1-4H3. The monoisotopic (exact) mass is 228 g/mol. The Hall–Kier alpha value is -0.420. The van der Waals surface area contributed by atoms with Gasteiger partial charge >= 0.3 is 0 Å². The van der Waals surface area contributed by atoms with E-state index in [1.165, 1.54) is 10.4 Å². The van der Waals surface area contributed by atoms with Gasteiger partial charge in [-0.2, -0.15) is 0 Å². The Balaban J connectivity index is 2.97. The Morgan fingerprint density at radius 2 is 2.33 bits per heavy atom. The minimum Gasteiger partial charge on any atom is -0.376 e. The van der Waals surface area contributed by atoms with Crippen LogP contribution in [0.2, 0.25) is 0 Å². The molecule has 0 fully saturated rings. The molecule has 3 N–H and O–H groups in total. The van der Waals surface area contributed by atoms with Gasteiger partial charge in [0, 0.05) is 12.0 Å². The van der Waals surface area contributed by atoms with Gasteiger partial charge in [0.1, 0.15) is 0 Å². The summed E-state index contributed by atoms with van der Waals surface area (Å²) in [4.78, 5) is 1.29. The van der Waals surface area contributed by atoms with Gasteiger partial charge < -0.3 is 4.74 Å². The van der Waals surface area contributed by atoms with Crippen LogP contribution in [0.4, 0.5) is 0 Å². The largest absolute Gasteiger partial charge is 0.376 e. The van der Waals surface area contributed by atoms with E-state index in [0.29, 0.717) is 0 Å². The van der Waals surface area contributed by atoms with Crippen LogP contribution >= 0.6 is 11.3 Å². The minimum absolute atomic E-state index is 0.0393. The predicted octanol–water partition coefficient (Wildman–Crippen LogP) is 2.38. The zero-order chi connectivity index (χ0) is 11.5. The Labute approximate surface area is 95.6 Å². The number of hydrogen-bond donors (Lipinski definition) is 2. The van der Waals surface area contributed by atoms with Crippen molar-refractivity contribution in [1.29, 1.82) is 0 Å². The summed E-state index contributed by atoms with van der Waals surface area (Å²) in [6.45, 7) is 6.27. The lowest BCUT2D eigenvalue weighted by Crippen LogP contribution is -2.45. The van der Waals surface area contributed by atoms with E-state index in [-0.39, 0.29) is 11.6 Å². The lowest BCUT2D eigenvalue weighted by molar-refractivity contribution is -0.0299. The molecule has 1 aromatic rings. The quantitative estimate of drug-likeness (QED) is 0.601. The molecule has 0 saturated heterocycles. The van der Waals surface area contributed by atoms with Crippen molar-refractivity contribution in [1.82, 2.24) is 5.43 Å². The van der Waals surface area contributed by atoms with Crippen LogP contribution < -0.4 is 11.3 Å². The third-order valence-corrected chi connectivity index (χ3v) is 3.91. The second-order valence-corrected chi connectivity index (χ2v) is 5.08. The summed E-state index contributed by atoms with van der Waals surface area (Å²) in [6.07, 6.45) is 0.910. The summed E-state index contributed by atoms with van der Waals surface area (Å²) < 4.78 is 5.57. The van der Waals surface area contributed by atoms with Gasteiger partial charge in [0.05, 0.1) is 11.6 Å². The smallest absolute Gasteiger partial charge is 0.0855 e. The number of nitrogens with two attached hydrogens (primary N) is 1. The molecule has 0 radical (unpaired) electrons. The molecule has 0 bridgehead atoms. The van der Waals surface area contributed by atoms with Crippen molar-refractivity contribution in [3.8, 4) is 0 Å². The lowest BCUT2D eigenvalue weighted by Gasteiger charge is -2.35. The fourth-order valence-corrected chi connectivity index (χ4v) is 2.44. The van der Waals surface area contributed by atoms with Gasteiger partial charge in [-0.3, -0.25) is 11.3 Å². The van der Waals surface area contributed by atoms with Crippen LogP contribution in [0.5, 0.6) is 0 Å². The first kappa shape index (κ1) is 12.6. The Bertz CT molecular complexity index is 307. The Morgan fingerprint density at radius 1 is 1.67 bits per heavy atom. The van der Waals surface area contributed by atoms with Gasteiger partial charge in [-0.25, -0.2) is 0 Å². The molecule has 4 heteroatoms. The van der Waals surface area contributed by atoms with E-state index in [1.54, 1.807) is 18.4 Å². The highest BCUT2D eigenvalue weighted by atomic mass is 32.1. The molecule has 0 aliphatic rings. The van der Waals surface area contributed by atoms with Crippen molar-refractivity contribution in [2.24, 2.45) is 5.84 Å². The molecule has 86 valence electrons. The van der Waals surface area contributed by atoms with Gasteiger partial charge in [0.15, 0.2) is 0 Å². The van der Waals surface area contributed by atoms with Crippen molar-refractivity contribution in [3.05, 3.63) is 21.9 Å². The zero-order valence-corrected chi connectivity index (χ0v) is 10.6. The first-order valence-electron chi connectivity index (χ1n) is 5.13. The summed E-state index contributed by atoms with van der Waals surface area (Å²) in [5.74, 6) is 5.63.